The van der Waals surface area contributed by atoms with Crippen LogP contribution in [0.1, 0.15) is 38.5 Å². The maximum atomic E-state index is 9.36. The molecule has 0 aromatic carbocycles. The summed E-state index contributed by atoms with van der Waals surface area (Å²) in [7, 11) is 0. The van der Waals surface area contributed by atoms with Gasteiger partial charge in [-0.25, -0.2) is 0 Å². The van der Waals surface area contributed by atoms with E-state index < -0.39 is 0 Å². The van der Waals surface area contributed by atoms with Gasteiger partial charge in [-0.1, -0.05) is 19.3 Å². The van der Waals surface area contributed by atoms with Gasteiger partial charge >= 0.3 is 0 Å². The first-order chi connectivity index (χ1) is 4.86. The number of aliphatic hydroxyl groups excluding tert-OH is 1. The van der Waals surface area contributed by atoms with Gasteiger partial charge in [-0.3, -0.25) is 0 Å². The standard InChI is InChI=1S/C9H16O/c10-9-5-4-7-2-1-3-8(7)6-9/h7-10H,1-6H2/t7-,8+,9?/m0/s1. The molecule has 3 atom stereocenters. The molecule has 0 aliphatic heterocycles. The summed E-state index contributed by atoms with van der Waals surface area (Å²) in [4.78, 5) is 0. The predicted molar refractivity (Wildman–Crippen MR) is 40.7 cm³/mol. The molecule has 0 radical (unpaired) electrons. The van der Waals surface area contributed by atoms with E-state index >= 15 is 0 Å². The molecule has 1 heteroatoms. The van der Waals surface area contributed by atoms with E-state index in [-0.39, 0.29) is 6.10 Å². The van der Waals surface area contributed by atoms with E-state index in [1.165, 1.54) is 25.7 Å². The first kappa shape index (κ1) is 6.66. The predicted octanol–water partition coefficient (Wildman–Crippen LogP) is 1.95. The molecule has 2 fully saturated rings. The van der Waals surface area contributed by atoms with Gasteiger partial charge < -0.3 is 5.11 Å². The second-order valence-electron chi connectivity index (χ2n) is 3.92. The summed E-state index contributed by atoms with van der Waals surface area (Å²) >= 11 is 0. The summed E-state index contributed by atoms with van der Waals surface area (Å²) in [5.41, 5.74) is 0. The largest absolute Gasteiger partial charge is 0.393 e. The van der Waals surface area contributed by atoms with Crippen LogP contribution in [0.4, 0.5) is 0 Å². The molecule has 2 aliphatic carbocycles. The van der Waals surface area contributed by atoms with E-state index in [1.54, 1.807) is 0 Å². The molecule has 0 aromatic rings. The van der Waals surface area contributed by atoms with E-state index in [4.69, 9.17) is 0 Å². The Balaban J connectivity index is 1.96. The fourth-order valence-corrected chi connectivity index (χ4v) is 2.68. The number of hydrogen-bond acceptors (Lipinski definition) is 1. The Kier molecular flexibility index (Phi) is 1.69. The van der Waals surface area contributed by atoms with Crippen LogP contribution in [-0.2, 0) is 0 Å². The molecule has 58 valence electrons. The van der Waals surface area contributed by atoms with Crippen LogP contribution in [0.3, 0.4) is 0 Å². The van der Waals surface area contributed by atoms with Crippen molar-refractivity contribution in [1.29, 1.82) is 0 Å². The molecule has 1 N–H and O–H groups in total. The maximum absolute atomic E-state index is 9.36. The Bertz CT molecular complexity index is 122. The second-order valence-corrected chi connectivity index (χ2v) is 3.92. The van der Waals surface area contributed by atoms with Crippen LogP contribution in [0.25, 0.3) is 0 Å². The average molecular weight is 140 g/mol. The van der Waals surface area contributed by atoms with Crippen molar-refractivity contribution in [3.63, 3.8) is 0 Å². The zero-order valence-corrected chi connectivity index (χ0v) is 6.42. The Labute approximate surface area is 62.4 Å². The molecular formula is C9H16O. The van der Waals surface area contributed by atoms with Crippen molar-refractivity contribution in [3.05, 3.63) is 0 Å². The van der Waals surface area contributed by atoms with Gasteiger partial charge in [0.05, 0.1) is 6.10 Å². The minimum absolute atomic E-state index is 0.0411. The molecule has 2 aliphatic rings. The van der Waals surface area contributed by atoms with Gasteiger partial charge in [0, 0.05) is 0 Å². The van der Waals surface area contributed by atoms with E-state index in [0.717, 1.165) is 24.7 Å². The van der Waals surface area contributed by atoms with Crippen LogP contribution < -0.4 is 0 Å². The highest BCUT2D eigenvalue weighted by atomic mass is 16.3. The van der Waals surface area contributed by atoms with Crippen molar-refractivity contribution < 1.29 is 5.11 Å². The Morgan fingerprint density at radius 1 is 0.900 bits per heavy atom. The lowest BCUT2D eigenvalue weighted by molar-refractivity contribution is 0.0806. The lowest BCUT2D eigenvalue weighted by Crippen LogP contribution is -2.23. The molecule has 0 heterocycles. The molecule has 10 heavy (non-hydrogen) atoms. The number of rotatable bonds is 0. The lowest BCUT2D eigenvalue weighted by Gasteiger charge is -2.28. The summed E-state index contributed by atoms with van der Waals surface area (Å²) in [5, 5.41) is 9.36. The second kappa shape index (κ2) is 2.54. The molecular weight excluding hydrogens is 124 g/mol. The Morgan fingerprint density at radius 3 is 2.60 bits per heavy atom. The van der Waals surface area contributed by atoms with E-state index in [0.29, 0.717) is 0 Å². The minimum atomic E-state index is 0.0411. The van der Waals surface area contributed by atoms with Crippen molar-refractivity contribution in [2.75, 3.05) is 0 Å². The van der Waals surface area contributed by atoms with Gasteiger partial charge in [0.1, 0.15) is 0 Å². The number of hydrogen-bond donors (Lipinski definition) is 1. The lowest BCUT2D eigenvalue weighted by atomic mass is 9.80. The maximum Gasteiger partial charge on any atom is 0.0543 e. The van der Waals surface area contributed by atoms with Crippen LogP contribution in [0.5, 0.6) is 0 Å². The van der Waals surface area contributed by atoms with E-state index in [9.17, 15) is 5.11 Å². The van der Waals surface area contributed by atoms with Crippen LogP contribution >= 0.6 is 0 Å². The molecule has 0 bridgehead atoms. The third-order valence-corrected chi connectivity index (χ3v) is 3.26. The van der Waals surface area contributed by atoms with Crippen LogP contribution in [-0.4, -0.2) is 11.2 Å². The van der Waals surface area contributed by atoms with Gasteiger partial charge in [0.15, 0.2) is 0 Å². The summed E-state index contributed by atoms with van der Waals surface area (Å²) in [6.45, 7) is 0. The first-order valence-corrected chi connectivity index (χ1v) is 4.54. The quantitative estimate of drug-likeness (QED) is 0.545. The zero-order chi connectivity index (χ0) is 6.97. The third-order valence-electron chi connectivity index (χ3n) is 3.26. The molecule has 0 spiro atoms. The molecule has 2 rings (SSSR count). The van der Waals surface area contributed by atoms with Crippen LogP contribution in [0.2, 0.25) is 0 Å². The fourth-order valence-electron chi connectivity index (χ4n) is 2.68. The van der Waals surface area contributed by atoms with Crippen molar-refractivity contribution in [3.8, 4) is 0 Å². The molecule has 2 saturated carbocycles. The highest BCUT2D eigenvalue weighted by molar-refractivity contribution is 4.84. The summed E-state index contributed by atoms with van der Waals surface area (Å²) in [6, 6.07) is 0. The monoisotopic (exact) mass is 140 g/mol. The number of fused-ring (bicyclic) bond motifs is 1. The van der Waals surface area contributed by atoms with Crippen molar-refractivity contribution >= 4 is 0 Å². The fraction of sp³-hybridized carbons (Fsp3) is 1.00. The molecule has 0 saturated heterocycles. The van der Waals surface area contributed by atoms with Crippen molar-refractivity contribution in [1.82, 2.24) is 0 Å². The van der Waals surface area contributed by atoms with Crippen LogP contribution in [0, 0.1) is 11.8 Å². The van der Waals surface area contributed by atoms with E-state index in [2.05, 4.69) is 0 Å². The topological polar surface area (TPSA) is 20.2 Å². The molecule has 1 unspecified atom stereocenters. The number of aliphatic hydroxyl groups is 1. The van der Waals surface area contributed by atoms with Crippen molar-refractivity contribution in [2.45, 2.75) is 44.6 Å². The van der Waals surface area contributed by atoms with Gasteiger partial charge in [-0.15, -0.1) is 0 Å². The molecule has 1 nitrogen and oxygen atoms in total. The Hall–Kier alpha value is -0.0400. The van der Waals surface area contributed by atoms with Gasteiger partial charge in [-0.2, -0.15) is 0 Å². The van der Waals surface area contributed by atoms with Crippen molar-refractivity contribution in [2.24, 2.45) is 11.8 Å². The first-order valence-electron chi connectivity index (χ1n) is 4.54. The molecule has 0 amide bonds. The Morgan fingerprint density at radius 2 is 1.70 bits per heavy atom. The van der Waals surface area contributed by atoms with Crippen LogP contribution in [0.15, 0.2) is 0 Å². The highest BCUT2D eigenvalue weighted by Gasteiger charge is 2.32. The summed E-state index contributed by atoms with van der Waals surface area (Å²) < 4.78 is 0. The van der Waals surface area contributed by atoms with E-state index in [1.807, 2.05) is 0 Å². The van der Waals surface area contributed by atoms with Gasteiger partial charge in [-0.05, 0) is 31.1 Å². The molecule has 0 aromatic heterocycles. The smallest absolute Gasteiger partial charge is 0.0543 e. The minimum Gasteiger partial charge on any atom is -0.393 e. The highest BCUT2D eigenvalue weighted by Crippen LogP contribution is 2.41. The summed E-state index contributed by atoms with van der Waals surface area (Å²) in [6.07, 6.45) is 7.76. The average Bonchev–Trinajstić information content (AvgIpc) is 2.33. The van der Waals surface area contributed by atoms with Gasteiger partial charge in [0.25, 0.3) is 0 Å². The van der Waals surface area contributed by atoms with Gasteiger partial charge in [0.2, 0.25) is 0 Å². The summed E-state index contributed by atoms with van der Waals surface area (Å²) in [5.74, 6) is 1.88. The SMILES string of the molecule is OC1CC[C@@H]2CCC[C@@H]2C1. The third kappa shape index (κ3) is 1.07. The normalized spacial score (nSPS) is 47.1. The zero-order valence-electron chi connectivity index (χ0n) is 6.42.